The van der Waals surface area contributed by atoms with Gasteiger partial charge < -0.3 is 0 Å². The average Bonchev–Trinajstić information content (AvgIpc) is 2.47. The molecule has 1 aliphatic rings. The molecule has 0 unspecified atom stereocenters. The van der Waals surface area contributed by atoms with E-state index in [1.165, 1.54) is 5.56 Å². The highest BCUT2D eigenvalue weighted by Crippen LogP contribution is 2.28. The Hall–Kier alpha value is -2.15. The van der Waals surface area contributed by atoms with E-state index >= 15 is 0 Å². The van der Waals surface area contributed by atoms with Gasteiger partial charge in [-0.15, -0.1) is 0 Å². The van der Waals surface area contributed by atoms with Gasteiger partial charge in [-0.3, -0.25) is 4.79 Å². The van der Waals surface area contributed by atoms with Crippen molar-refractivity contribution in [2.45, 2.75) is 26.2 Å². The Morgan fingerprint density at radius 3 is 2.35 bits per heavy atom. The van der Waals surface area contributed by atoms with Gasteiger partial charge in [0.25, 0.3) is 0 Å². The molecule has 0 bridgehead atoms. The van der Waals surface area contributed by atoms with Gasteiger partial charge in [-0.1, -0.05) is 62.4 Å². The minimum Gasteiger partial charge on any atom is -0.289 e. The first-order chi connectivity index (χ1) is 9.65. The molecule has 0 atom stereocenters. The average molecular weight is 262 g/mol. The van der Waals surface area contributed by atoms with E-state index in [1.807, 2.05) is 24.3 Å². The molecule has 1 heteroatoms. The maximum absolute atomic E-state index is 12.2. The lowest BCUT2D eigenvalue weighted by Crippen LogP contribution is -2.09. The number of hydrogen-bond donors (Lipinski definition) is 0. The summed E-state index contributed by atoms with van der Waals surface area (Å²) in [7, 11) is 0. The highest BCUT2D eigenvalue weighted by molar-refractivity contribution is 6.11. The van der Waals surface area contributed by atoms with E-state index < -0.39 is 0 Å². The molecule has 0 aliphatic heterocycles. The van der Waals surface area contributed by atoms with Crippen LogP contribution in [0.3, 0.4) is 0 Å². The van der Waals surface area contributed by atoms with Crippen molar-refractivity contribution in [2.75, 3.05) is 0 Å². The molecule has 0 saturated heterocycles. The number of fused-ring (bicyclic) bond motifs is 1. The predicted octanol–water partition coefficient (Wildman–Crippen LogP) is 4.63. The van der Waals surface area contributed by atoms with Crippen molar-refractivity contribution in [3.63, 3.8) is 0 Å². The van der Waals surface area contributed by atoms with Gasteiger partial charge in [0.15, 0.2) is 5.78 Å². The van der Waals surface area contributed by atoms with Crippen LogP contribution in [0, 0.1) is 0 Å². The second-order valence-electron chi connectivity index (χ2n) is 5.64. The third kappa shape index (κ3) is 2.32. The van der Waals surface area contributed by atoms with Gasteiger partial charge in [-0.05, 0) is 40.7 Å². The van der Waals surface area contributed by atoms with Gasteiger partial charge in [0.05, 0.1) is 0 Å². The normalized spacial score (nSPS) is 14.2. The zero-order valence-corrected chi connectivity index (χ0v) is 11.9. The van der Waals surface area contributed by atoms with Crippen molar-refractivity contribution in [3.05, 3.63) is 76.9 Å². The van der Waals surface area contributed by atoms with Crippen molar-refractivity contribution >= 4 is 11.4 Å². The fourth-order valence-electron chi connectivity index (χ4n) is 2.67. The van der Waals surface area contributed by atoms with Gasteiger partial charge >= 0.3 is 0 Å². The maximum atomic E-state index is 12.2. The monoisotopic (exact) mass is 262 g/mol. The lowest BCUT2D eigenvalue weighted by molar-refractivity contribution is 0.104. The molecule has 0 amide bonds. The molecule has 2 aromatic carbocycles. The minimum absolute atomic E-state index is 0.120. The lowest BCUT2D eigenvalue weighted by atomic mass is 9.87. The molecule has 0 saturated carbocycles. The summed E-state index contributed by atoms with van der Waals surface area (Å²) in [6.07, 6.45) is 2.62. The largest absolute Gasteiger partial charge is 0.289 e. The second kappa shape index (κ2) is 5.09. The van der Waals surface area contributed by atoms with Crippen LogP contribution < -0.4 is 0 Å². The molecular weight excluding hydrogens is 244 g/mol. The molecule has 0 radical (unpaired) electrons. The Kier molecular flexibility index (Phi) is 3.27. The topological polar surface area (TPSA) is 17.1 Å². The summed E-state index contributed by atoms with van der Waals surface area (Å²) in [5.74, 6) is 0.654. The van der Waals surface area contributed by atoms with Crippen LogP contribution in [0.25, 0.3) is 5.57 Å². The Bertz CT molecular complexity index is 675. The first-order valence-electron chi connectivity index (χ1n) is 7.08. The van der Waals surface area contributed by atoms with Gasteiger partial charge in [0, 0.05) is 5.56 Å². The van der Waals surface area contributed by atoms with Crippen LogP contribution >= 0.6 is 0 Å². The van der Waals surface area contributed by atoms with Crippen molar-refractivity contribution in [2.24, 2.45) is 0 Å². The summed E-state index contributed by atoms with van der Waals surface area (Å²) in [6.45, 7) is 4.38. The lowest BCUT2D eigenvalue weighted by Gasteiger charge is -2.17. The number of carbonyl (C=O) groups is 1. The maximum Gasteiger partial charge on any atom is 0.186 e. The van der Waals surface area contributed by atoms with Crippen LogP contribution in [0.4, 0.5) is 0 Å². The fourth-order valence-corrected chi connectivity index (χ4v) is 2.67. The SMILES string of the molecule is CC(C)c1ccc(C2=CC(=O)c3ccccc3C2)cc1. The van der Waals surface area contributed by atoms with E-state index in [0.29, 0.717) is 5.92 Å². The third-order valence-corrected chi connectivity index (χ3v) is 3.92. The van der Waals surface area contributed by atoms with Crippen molar-refractivity contribution in [1.29, 1.82) is 0 Å². The number of benzene rings is 2. The van der Waals surface area contributed by atoms with E-state index in [2.05, 4.69) is 38.1 Å². The Morgan fingerprint density at radius 2 is 1.65 bits per heavy atom. The Balaban J connectivity index is 1.94. The molecular formula is C19H18O. The first kappa shape index (κ1) is 12.9. The smallest absolute Gasteiger partial charge is 0.186 e. The van der Waals surface area contributed by atoms with Crippen LogP contribution in [0.1, 0.15) is 46.8 Å². The summed E-state index contributed by atoms with van der Waals surface area (Å²) in [5.41, 5.74) is 5.57. The Morgan fingerprint density at radius 1 is 0.950 bits per heavy atom. The number of ketones is 1. The van der Waals surface area contributed by atoms with Gasteiger partial charge in [0.1, 0.15) is 0 Å². The molecule has 0 fully saturated rings. The van der Waals surface area contributed by atoms with Gasteiger partial charge in [-0.2, -0.15) is 0 Å². The standard InChI is InChI=1S/C19H18O/c1-13(2)14-7-9-15(10-8-14)17-11-16-5-3-4-6-18(16)19(20)12-17/h3-10,12-13H,11H2,1-2H3. The Labute approximate surface area is 120 Å². The van der Waals surface area contributed by atoms with Crippen molar-refractivity contribution in [1.82, 2.24) is 0 Å². The summed E-state index contributed by atoms with van der Waals surface area (Å²) in [5, 5.41) is 0. The van der Waals surface area contributed by atoms with E-state index in [4.69, 9.17) is 0 Å². The summed E-state index contributed by atoms with van der Waals surface area (Å²) in [4.78, 5) is 12.2. The van der Waals surface area contributed by atoms with Crippen molar-refractivity contribution < 1.29 is 4.79 Å². The van der Waals surface area contributed by atoms with Crippen molar-refractivity contribution in [3.8, 4) is 0 Å². The van der Waals surface area contributed by atoms with Gasteiger partial charge in [-0.25, -0.2) is 0 Å². The number of rotatable bonds is 2. The zero-order valence-electron chi connectivity index (χ0n) is 11.9. The summed E-state index contributed by atoms with van der Waals surface area (Å²) in [6, 6.07) is 16.4. The molecule has 0 aromatic heterocycles. The second-order valence-corrected chi connectivity index (χ2v) is 5.64. The zero-order chi connectivity index (χ0) is 14.1. The van der Waals surface area contributed by atoms with E-state index in [9.17, 15) is 4.79 Å². The van der Waals surface area contributed by atoms with Gasteiger partial charge in [0.2, 0.25) is 0 Å². The number of allylic oxidation sites excluding steroid dienone is 2. The first-order valence-corrected chi connectivity index (χ1v) is 7.08. The molecule has 0 heterocycles. The summed E-state index contributed by atoms with van der Waals surface area (Å²) < 4.78 is 0. The number of carbonyl (C=O) groups excluding carboxylic acids is 1. The van der Waals surface area contributed by atoms with Crippen LogP contribution in [0.2, 0.25) is 0 Å². The highest BCUT2D eigenvalue weighted by atomic mass is 16.1. The minimum atomic E-state index is 0.120. The molecule has 20 heavy (non-hydrogen) atoms. The van der Waals surface area contributed by atoms with Crippen LogP contribution in [0.15, 0.2) is 54.6 Å². The quantitative estimate of drug-likeness (QED) is 0.771. The molecule has 0 spiro atoms. The molecule has 3 rings (SSSR count). The highest BCUT2D eigenvalue weighted by Gasteiger charge is 2.17. The third-order valence-electron chi connectivity index (χ3n) is 3.92. The molecule has 100 valence electrons. The fraction of sp³-hybridized carbons (Fsp3) is 0.211. The van der Waals surface area contributed by atoms with E-state index in [0.717, 1.165) is 28.7 Å². The summed E-state index contributed by atoms with van der Waals surface area (Å²) >= 11 is 0. The molecule has 1 aliphatic carbocycles. The van der Waals surface area contributed by atoms with Crippen LogP contribution in [-0.2, 0) is 6.42 Å². The molecule has 0 N–H and O–H groups in total. The van der Waals surface area contributed by atoms with Crippen LogP contribution in [-0.4, -0.2) is 5.78 Å². The molecule has 1 nitrogen and oxygen atoms in total. The predicted molar refractivity (Wildman–Crippen MR) is 83.0 cm³/mol. The van der Waals surface area contributed by atoms with E-state index in [1.54, 1.807) is 6.08 Å². The molecule has 2 aromatic rings. The van der Waals surface area contributed by atoms with E-state index in [-0.39, 0.29) is 5.78 Å². The number of hydrogen-bond acceptors (Lipinski definition) is 1. The van der Waals surface area contributed by atoms with Crippen LogP contribution in [0.5, 0.6) is 0 Å².